The van der Waals surface area contributed by atoms with E-state index in [-0.39, 0.29) is 0 Å². The SMILES string of the molecule is N[C@@H](CC1CCCC1)C(=O)OC(=O)c1cc2ccccc2s1. The zero-order chi connectivity index (χ0) is 15.5. The number of esters is 2. The molecule has 1 aromatic carbocycles. The third-order valence-corrected chi connectivity index (χ3v) is 5.28. The van der Waals surface area contributed by atoms with Gasteiger partial charge in [-0.3, -0.25) is 0 Å². The van der Waals surface area contributed by atoms with Gasteiger partial charge in [0.05, 0.1) is 0 Å². The molecule has 2 N–H and O–H groups in total. The molecule has 116 valence electrons. The zero-order valence-electron chi connectivity index (χ0n) is 12.3. The minimum atomic E-state index is -0.707. The summed E-state index contributed by atoms with van der Waals surface area (Å²) in [5, 5.41) is 0.974. The van der Waals surface area contributed by atoms with Crippen molar-refractivity contribution in [3.8, 4) is 0 Å². The molecule has 0 amide bonds. The summed E-state index contributed by atoms with van der Waals surface area (Å²) in [5.41, 5.74) is 5.88. The van der Waals surface area contributed by atoms with Gasteiger partial charge in [-0.05, 0) is 29.9 Å². The maximum absolute atomic E-state index is 12.1. The molecule has 0 saturated heterocycles. The Bertz CT molecular complexity index is 655. The molecule has 1 aliphatic carbocycles. The van der Waals surface area contributed by atoms with Gasteiger partial charge in [-0.25, -0.2) is 9.59 Å². The number of carbonyl (C=O) groups is 2. The minimum Gasteiger partial charge on any atom is -0.388 e. The Balaban J connectivity index is 1.61. The Morgan fingerprint density at radius 2 is 2.00 bits per heavy atom. The van der Waals surface area contributed by atoms with Crippen LogP contribution in [0.2, 0.25) is 0 Å². The van der Waals surface area contributed by atoms with Crippen LogP contribution in [-0.2, 0) is 9.53 Å². The predicted molar refractivity (Wildman–Crippen MR) is 86.8 cm³/mol. The van der Waals surface area contributed by atoms with E-state index in [1.165, 1.54) is 24.2 Å². The molecule has 0 bridgehead atoms. The summed E-state index contributed by atoms with van der Waals surface area (Å²) >= 11 is 1.32. The zero-order valence-corrected chi connectivity index (χ0v) is 13.1. The first-order chi connectivity index (χ1) is 10.6. The second kappa shape index (κ2) is 6.58. The van der Waals surface area contributed by atoms with Crippen LogP contribution in [-0.4, -0.2) is 18.0 Å². The summed E-state index contributed by atoms with van der Waals surface area (Å²) in [5.74, 6) is -0.732. The highest BCUT2D eigenvalue weighted by Crippen LogP contribution is 2.29. The number of carbonyl (C=O) groups excluding carboxylic acids is 2. The van der Waals surface area contributed by atoms with Gasteiger partial charge in [-0.2, -0.15) is 0 Å². The molecular weight excluding hydrogens is 298 g/mol. The van der Waals surface area contributed by atoms with Crippen LogP contribution in [0.3, 0.4) is 0 Å². The Morgan fingerprint density at radius 3 is 2.73 bits per heavy atom. The van der Waals surface area contributed by atoms with Gasteiger partial charge in [0, 0.05) is 4.70 Å². The Labute approximate surface area is 133 Å². The molecule has 0 radical (unpaired) electrons. The van der Waals surface area contributed by atoms with Gasteiger partial charge in [-0.15, -0.1) is 11.3 Å². The van der Waals surface area contributed by atoms with E-state index >= 15 is 0 Å². The summed E-state index contributed by atoms with van der Waals surface area (Å²) in [6, 6.07) is 8.73. The molecular formula is C17H19NO3S. The maximum Gasteiger partial charge on any atom is 0.356 e. The molecule has 0 spiro atoms. The number of hydrogen-bond acceptors (Lipinski definition) is 5. The molecule has 0 unspecified atom stereocenters. The summed E-state index contributed by atoms with van der Waals surface area (Å²) in [4.78, 5) is 24.5. The predicted octanol–water partition coefficient (Wildman–Crippen LogP) is 3.49. The lowest BCUT2D eigenvalue weighted by Crippen LogP contribution is -2.35. The van der Waals surface area contributed by atoms with E-state index in [4.69, 9.17) is 10.5 Å². The molecule has 22 heavy (non-hydrogen) atoms. The molecule has 1 fully saturated rings. The van der Waals surface area contributed by atoms with E-state index in [9.17, 15) is 9.59 Å². The second-order valence-corrected chi connectivity index (χ2v) is 6.93. The fourth-order valence-electron chi connectivity index (χ4n) is 3.00. The molecule has 1 aromatic heterocycles. The third-order valence-electron chi connectivity index (χ3n) is 4.18. The van der Waals surface area contributed by atoms with Crippen molar-refractivity contribution in [1.82, 2.24) is 0 Å². The first kappa shape index (κ1) is 15.2. The largest absolute Gasteiger partial charge is 0.388 e. The fourth-order valence-corrected chi connectivity index (χ4v) is 3.94. The van der Waals surface area contributed by atoms with Crippen molar-refractivity contribution in [2.75, 3.05) is 0 Å². The van der Waals surface area contributed by atoms with Crippen LogP contribution in [0.5, 0.6) is 0 Å². The maximum atomic E-state index is 12.1. The van der Waals surface area contributed by atoms with E-state index in [0.717, 1.165) is 22.9 Å². The van der Waals surface area contributed by atoms with E-state index in [0.29, 0.717) is 17.2 Å². The standard InChI is InChI=1S/C17H19NO3S/c18-13(9-11-5-1-2-6-11)16(19)21-17(20)15-10-12-7-3-4-8-14(12)22-15/h3-4,7-8,10-11,13H,1-2,5-6,9,18H2/t13-/m0/s1. The van der Waals surface area contributed by atoms with Crippen LogP contribution in [0.4, 0.5) is 0 Å². The van der Waals surface area contributed by atoms with Gasteiger partial charge in [0.25, 0.3) is 0 Å². The molecule has 1 heterocycles. The fraction of sp³-hybridized carbons (Fsp3) is 0.412. The molecule has 3 rings (SSSR count). The molecule has 0 aliphatic heterocycles. The molecule has 1 saturated carbocycles. The third kappa shape index (κ3) is 3.36. The number of thiophene rings is 1. The highest BCUT2D eigenvalue weighted by atomic mass is 32.1. The molecule has 4 nitrogen and oxygen atoms in total. The topological polar surface area (TPSA) is 69.4 Å². The van der Waals surface area contributed by atoms with E-state index in [2.05, 4.69) is 0 Å². The monoisotopic (exact) mass is 317 g/mol. The lowest BCUT2D eigenvalue weighted by atomic mass is 9.99. The lowest BCUT2D eigenvalue weighted by Gasteiger charge is -2.14. The highest BCUT2D eigenvalue weighted by Gasteiger charge is 2.25. The van der Waals surface area contributed by atoms with E-state index in [1.54, 1.807) is 6.07 Å². The van der Waals surface area contributed by atoms with Crippen molar-refractivity contribution in [1.29, 1.82) is 0 Å². The van der Waals surface area contributed by atoms with Crippen molar-refractivity contribution in [2.24, 2.45) is 11.7 Å². The van der Waals surface area contributed by atoms with E-state index < -0.39 is 18.0 Å². The number of ether oxygens (including phenoxy) is 1. The van der Waals surface area contributed by atoms with Gasteiger partial charge in [0.15, 0.2) is 0 Å². The van der Waals surface area contributed by atoms with Crippen LogP contribution < -0.4 is 5.73 Å². The van der Waals surface area contributed by atoms with E-state index in [1.807, 2.05) is 24.3 Å². The average Bonchev–Trinajstić information content (AvgIpc) is 3.15. The van der Waals surface area contributed by atoms with Gasteiger partial charge in [-0.1, -0.05) is 43.9 Å². The van der Waals surface area contributed by atoms with Crippen molar-refractivity contribution < 1.29 is 14.3 Å². The number of hydrogen-bond donors (Lipinski definition) is 1. The van der Waals surface area contributed by atoms with Crippen LogP contribution in [0.15, 0.2) is 30.3 Å². The van der Waals surface area contributed by atoms with Crippen LogP contribution >= 0.6 is 11.3 Å². The van der Waals surface area contributed by atoms with Gasteiger partial charge in [0.2, 0.25) is 0 Å². The molecule has 1 aliphatic rings. The number of fused-ring (bicyclic) bond motifs is 1. The molecule has 5 heteroatoms. The first-order valence-corrected chi connectivity index (χ1v) is 8.45. The van der Waals surface area contributed by atoms with Crippen LogP contribution in [0.1, 0.15) is 41.8 Å². The first-order valence-electron chi connectivity index (χ1n) is 7.63. The summed E-state index contributed by atoms with van der Waals surface area (Å²) in [6.45, 7) is 0. The van der Waals surface area contributed by atoms with Crippen LogP contribution in [0, 0.1) is 5.92 Å². The van der Waals surface area contributed by atoms with Crippen LogP contribution in [0.25, 0.3) is 10.1 Å². The lowest BCUT2D eigenvalue weighted by molar-refractivity contribution is -0.139. The van der Waals surface area contributed by atoms with Crippen molar-refractivity contribution in [3.05, 3.63) is 35.2 Å². The Kier molecular flexibility index (Phi) is 4.55. The molecule has 2 aromatic rings. The Morgan fingerprint density at radius 1 is 1.27 bits per heavy atom. The number of rotatable bonds is 4. The number of benzene rings is 1. The molecule has 1 atom stereocenters. The van der Waals surface area contributed by atoms with Crippen molar-refractivity contribution >= 4 is 33.4 Å². The van der Waals surface area contributed by atoms with Gasteiger partial charge >= 0.3 is 11.9 Å². The van der Waals surface area contributed by atoms with Crippen molar-refractivity contribution in [3.63, 3.8) is 0 Å². The summed E-state index contributed by atoms with van der Waals surface area (Å²) < 4.78 is 5.94. The summed E-state index contributed by atoms with van der Waals surface area (Å²) in [6.07, 6.45) is 5.25. The normalized spacial score (nSPS) is 16.8. The highest BCUT2D eigenvalue weighted by molar-refractivity contribution is 7.20. The number of nitrogens with two attached hydrogens (primary N) is 1. The van der Waals surface area contributed by atoms with Gasteiger partial charge in [0.1, 0.15) is 10.9 Å². The quantitative estimate of drug-likeness (QED) is 0.692. The average molecular weight is 317 g/mol. The van der Waals surface area contributed by atoms with Gasteiger partial charge < -0.3 is 10.5 Å². The minimum absolute atomic E-state index is 0.433. The summed E-state index contributed by atoms with van der Waals surface area (Å²) in [7, 11) is 0. The Hall–Kier alpha value is -1.72. The smallest absolute Gasteiger partial charge is 0.356 e. The second-order valence-electron chi connectivity index (χ2n) is 5.85. The van der Waals surface area contributed by atoms with Crippen molar-refractivity contribution in [2.45, 2.75) is 38.1 Å².